The molecule has 2 aliphatic rings. The molecule has 7 heteroatoms. The Labute approximate surface area is 115 Å². The van der Waals surface area contributed by atoms with E-state index >= 15 is 0 Å². The van der Waals surface area contributed by atoms with Gasteiger partial charge in [0.1, 0.15) is 0 Å². The molecule has 0 aromatic carbocycles. The largest absolute Gasteiger partial charge is 0.481 e. The minimum atomic E-state index is -0.888. The first kappa shape index (κ1) is 14.3. The summed E-state index contributed by atoms with van der Waals surface area (Å²) in [6.07, 6.45) is 2.23. The summed E-state index contributed by atoms with van der Waals surface area (Å²) >= 11 is 0. The lowest BCUT2D eigenvalue weighted by Crippen LogP contribution is -2.45. The lowest BCUT2D eigenvalue weighted by atomic mass is 9.89. The number of carbonyl (C=O) groups is 2. The van der Waals surface area contributed by atoms with E-state index in [9.17, 15) is 13.8 Å². The van der Waals surface area contributed by atoms with Gasteiger partial charge in [0, 0.05) is 40.9 Å². The molecule has 0 saturated carbocycles. The van der Waals surface area contributed by atoms with Crippen molar-refractivity contribution in [2.24, 2.45) is 5.92 Å². The Morgan fingerprint density at radius 1 is 1.42 bits per heavy atom. The van der Waals surface area contributed by atoms with Crippen LogP contribution in [-0.4, -0.2) is 56.3 Å². The highest BCUT2D eigenvalue weighted by molar-refractivity contribution is 7.84. The molecular formula is C12H20N2O4S. The first-order chi connectivity index (χ1) is 9.04. The normalized spacial score (nSPS) is 30.4. The van der Waals surface area contributed by atoms with Crippen molar-refractivity contribution < 1.29 is 18.9 Å². The van der Waals surface area contributed by atoms with Crippen molar-refractivity contribution in [3.05, 3.63) is 0 Å². The van der Waals surface area contributed by atoms with E-state index in [1.807, 2.05) is 6.92 Å². The van der Waals surface area contributed by atoms with Gasteiger partial charge in [-0.25, -0.2) is 4.79 Å². The molecule has 0 radical (unpaired) electrons. The number of urea groups is 1. The van der Waals surface area contributed by atoms with Crippen molar-refractivity contribution in [1.82, 2.24) is 10.2 Å². The van der Waals surface area contributed by atoms with Gasteiger partial charge in [-0.15, -0.1) is 0 Å². The number of nitrogens with one attached hydrogen (secondary N) is 1. The third-order valence-electron chi connectivity index (χ3n) is 4.02. The fourth-order valence-electron chi connectivity index (χ4n) is 3.08. The van der Waals surface area contributed by atoms with E-state index < -0.39 is 22.7 Å². The van der Waals surface area contributed by atoms with Gasteiger partial charge in [-0.1, -0.05) is 6.92 Å². The van der Waals surface area contributed by atoms with E-state index in [0.29, 0.717) is 24.5 Å². The Morgan fingerprint density at radius 2 is 2.16 bits per heavy atom. The predicted octanol–water partition coefficient (Wildman–Crippen LogP) is 0.402. The Balaban J connectivity index is 1.87. The van der Waals surface area contributed by atoms with Gasteiger partial charge in [0.25, 0.3) is 0 Å². The summed E-state index contributed by atoms with van der Waals surface area (Å²) in [5.74, 6) is -0.189. The van der Waals surface area contributed by atoms with Gasteiger partial charge in [-0.05, 0) is 19.3 Å². The van der Waals surface area contributed by atoms with Crippen molar-refractivity contribution in [2.75, 3.05) is 18.1 Å². The van der Waals surface area contributed by atoms with Crippen molar-refractivity contribution in [1.29, 1.82) is 0 Å². The molecule has 2 fully saturated rings. The average Bonchev–Trinajstić information content (AvgIpc) is 2.95. The third kappa shape index (κ3) is 2.91. The van der Waals surface area contributed by atoms with Crippen LogP contribution in [0.15, 0.2) is 0 Å². The molecule has 6 nitrogen and oxygen atoms in total. The van der Waals surface area contributed by atoms with E-state index in [0.717, 1.165) is 12.8 Å². The van der Waals surface area contributed by atoms with Crippen molar-refractivity contribution in [2.45, 2.75) is 38.3 Å². The number of rotatable bonds is 5. The highest BCUT2D eigenvalue weighted by atomic mass is 32.2. The maximum absolute atomic E-state index is 12.1. The average molecular weight is 288 g/mol. The number of aliphatic carboxylic acids is 1. The quantitative estimate of drug-likeness (QED) is 0.767. The second-order valence-corrected chi connectivity index (χ2v) is 6.92. The van der Waals surface area contributed by atoms with Crippen LogP contribution in [0.4, 0.5) is 4.79 Å². The Hall–Kier alpha value is -1.11. The molecule has 0 aliphatic carbocycles. The minimum Gasteiger partial charge on any atom is -0.481 e. The SMILES string of the molecule is CCS(=O)CCNC(=O)N1C2CCC1C(C(=O)O)C2. The molecule has 0 aromatic rings. The van der Waals surface area contributed by atoms with Gasteiger partial charge in [0.05, 0.1) is 5.92 Å². The van der Waals surface area contributed by atoms with Gasteiger partial charge in [0.2, 0.25) is 0 Å². The zero-order valence-corrected chi connectivity index (χ0v) is 11.8. The molecule has 2 amide bonds. The standard InChI is InChI=1S/C12H20N2O4S/c1-2-19(18)6-5-13-12(17)14-8-3-4-10(14)9(7-8)11(15)16/h8-10H,2-7H2,1H3,(H,13,17)(H,15,16). The molecule has 2 heterocycles. The van der Waals surface area contributed by atoms with Crippen LogP contribution in [0.25, 0.3) is 0 Å². The highest BCUT2D eigenvalue weighted by Gasteiger charge is 2.51. The molecule has 2 rings (SSSR count). The number of fused-ring (bicyclic) bond motifs is 2. The lowest BCUT2D eigenvalue weighted by molar-refractivity contribution is -0.142. The summed E-state index contributed by atoms with van der Waals surface area (Å²) in [6, 6.07) is -0.314. The van der Waals surface area contributed by atoms with Gasteiger partial charge in [0.15, 0.2) is 0 Å². The summed E-state index contributed by atoms with van der Waals surface area (Å²) < 4.78 is 11.3. The number of carboxylic acids is 1. The number of carboxylic acid groups (broad SMARTS) is 1. The predicted molar refractivity (Wildman–Crippen MR) is 71.3 cm³/mol. The van der Waals surface area contributed by atoms with Crippen molar-refractivity contribution >= 4 is 22.8 Å². The number of nitrogens with zero attached hydrogens (tertiary/aromatic N) is 1. The van der Waals surface area contributed by atoms with Gasteiger partial charge in [-0.2, -0.15) is 0 Å². The van der Waals surface area contributed by atoms with Crippen LogP contribution < -0.4 is 5.32 Å². The first-order valence-electron chi connectivity index (χ1n) is 6.68. The summed E-state index contributed by atoms with van der Waals surface area (Å²) in [6.45, 7) is 2.23. The molecule has 0 spiro atoms. The second kappa shape index (κ2) is 5.90. The topological polar surface area (TPSA) is 86.7 Å². The van der Waals surface area contributed by atoms with E-state index in [-0.39, 0.29) is 18.1 Å². The van der Waals surface area contributed by atoms with Crippen LogP contribution >= 0.6 is 0 Å². The molecule has 2 saturated heterocycles. The highest BCUT2D eigenvalue weighted by Crippen LogP contribution is 2.41. The summed E-state index contributed by atoms with van der Waals surface area (Å²) in [7, 11) is -0.888. The molecule has 2 aliphatic heterocycles. The smallest absolute Gasteiger partial charge is 0.317 e. The zero-order valence-electron chi connectivity index (χ0n) is 11.0. The number of hydrogen-bond acceptors (Lipinski definition) is 3. The lowest BCUT2D eigenvalue weighted by Gasteiger charge is -2.23. The molecule has 4 unspecified atom stereocenters. The van der Waals surface area contributed by atoms with Gasteiger partial charge >= 0.3 is 12.0 Å². The Morgan fingerprint density at radius 3 is 2.74 bits per heavy atom. The summed E-state index contributed by atoms with van der Waals surface area (Å²) in [5.41, 5.74) is 0. The maximum atomic E-state index is 12.1. The molecule has 2 N–H and O–H groups in total. The molecule has 19 heavy (non-hydrogen) atoms. The fraction of sp³-hybridized carbons (Fsp3) is 0.833. The Kier molecular flexibility index (Phi) is 4.44. The first-order valence-corrected chi connectivity index (χ1v) is 8.17. The fourth-order valence-corrected chi connectivity index (χ4v) is 3.70. The number of hydrogen-bond donors (Lipinski definition) is 2. The number of amides is 2. The minimum absolute atomic E-state index is 0.0581. The second-order valence-electron chi connectivity index (χ2n) is 5.05. The monoisotopic (exact) mass is 288 g/mol. The van der Waals surface area contributed by atoms with Crippen LogP contribution in [0.3, 0.4) is 0 Å². The molecular weight excluding hydrogens is 268 g/mol. The molecule has 4 atom stereocenters. The van der Waals surface area contributed by atoms with Gasteiger partial charge in [-0.3, -0.25) is 9.00 Å². The number of carbonyl (C=O) groups excluding carboxylic acids is 1. The maximum Gasteiger partial charge on any atom is 0.317 e. The zero-order chi connectivity index (χ0) is 14.0. The van der Waals surface area contributed by atoms with Crippen molar-refractivity contribution in [3.8, 4) is 0 Å². The van der Waals surface area contributed by atoms with Crippen LogP contribution in [0.5, 0.6) is 0 Å². The van der Waals surface area contributed by atoms with Crippen molar-refractivity contribution in [3.63, 3.8) is 0 Å². The van der Waals surface area contributed by atoms with Crippen LogP contribution in [0, 0.1) is 5.92 Å². The Bertz CT molecular complexity index is 401. The third-order valence-corrected chi connectivity index (χ3v) is 5.32. The van der Waals surface area contributed by atoms with Crippen LogP contribution in [-0.2, 0) is 15.6 Å². The summed E-state index contributed by atoms with van der Waals surface area (Å²) in [5, 5.41) is 11.9. The van der Waals surface area contributed by atoms with Crippen LogP contribution in [0.2, 0.25) is 0 Å². The molecule has 2 bridgehead atoms. The van der Waals surface area contributed by atoms with Gasteiger partial charge < -0.3 is 15.3 Å². The van der Waals surface area contributed by atoms with E-state index in [4.69, 9.17) is 5.11 Å². The van der Waals surface area contributed by atoms with Crippen LogP contribution in [0.1, 0.15) is 26.2 Å². The van der Waals surface area contributed by atoms with E-state index in [1.165, 1.54) is 0 Å². The summed E-state index contributed by atoms with van der Waals surface area (Å²) in [4.78, 5) is 24.9. The van der Waals surface area contributed by atoms with E-state index in [1.54, 1.807) is 4.90 Å². The van der Waals surface area contributed by atoms with E-state index in [2.05, 4.69) is 5.32 Å². The molecule has 0 aromatic heterocycles. The molecule has 108 valence electrons.